The average molecular weight is 443 g/mol. The maximum absolute atomic E-state index is 13.4. The van der Waals surface area contributed by atoms with Gasteiger partial charge in [-0.15, -0.1) is 5.10 Å². The van der Waals surface area contributed by atoms with Crippen molar-refractivity contribution in [2.24, 2.45) is 10.2 Å². The van der Waals surface area contributed by atoms with E-state index in [0.717, 1.165) is 34.4 Å². The fourth-order valence-electron chi connectivity index (χ4n) is 3.96. The summed E-state index contributed by atoms with van der Waals surface area (Å²) in [7, 11) is 0. The van der Waals surface area contributed by atoms with E-state index in [9.17, 15) is 4.39 Å². The molecule has 0 saturated heterocycles. The molecule has 3 rings (SSSR count). The molecule has 0 radical (unpaired) electrons. The second-order valence-corrected chi connectivity index (χ2v) is 8.60. The minimum atomic E-state index is -0.852. The van der Waals surface area contributed by atoms with Crippen LogP contribution in [0.2, 0.25) is 0 Å². The maximum Gasteiger partial charge on any atom is 0.101 e. The zero-order valence-electron chi connectivity index (χ0n) is 19.9. The quantitative estimate of drug-likeness (QED) is 0.154. The Morgan fingerprint density at radius 1 is 0.818 bits per heavy atom. The monoisotopic (exact) mass is 442 g/mol. The maximum atomic E-state index is 13.4. The largest absolute Gasteiger partial charge is 0.247 e. The molecule has 33 heavy (non-hydrogen) atoms. The lowest BCUT2D eigenvalue weighted by Crippen LogP contribution is -2.04. The highest BCUT2D eigenvalue weighted by Crippen LogP contribution is 2.16. The Morgan fingerprint density at radius 2 is 1.48 bits per heavy atom. The van der Waals surface area contributed by atoms with E-state index >= 15 is 0 Å². The number of benzene rings is 3. The Bertz CT molecular complexity index is 1020. The number of hydrogen-bond acceptors (Lipinski definition) is 2. The standard InChI is InChI=1S/C30H35FN2/c1-3-4-5-6-8-13-26-14-11-12-17-29(26)23-32-33-30(27-15-9-7-10-16-27)28-20-18-25(19-21-28)22-24(2)31/h7,9-12,14-21,23-24H,3-6,8,13,22H2,1-2H3. The highest BCUT2D eigenvalue weighted by molar-refractivity contribution is 6.13. The van der Waals surface area contributed by atoms with Crippen LogP contribution in [0.3, 0.4) is 0 Å². The summed E-state index contributed by atoms with van der Waals surface area (Å²) >= 11 is 0. The van der Waals surface area contributed by atoms with Crippen LogP contribution in [0.5, 0.6) is 0 Å². The first-order valence-electron chi connectivity index (χ1n) is 12.1. The molecule has 0 bridgehead atoms. The summed E-state index contributed by atoms with van der Waals surface area (Å²) in [5.41, 5.74) is 6.21. The second-order valence-electron chi connectivity index (χ2n) is 8.60. The molecule has 0 aromatic heterocycles. The molecule has 0 aliphatic carbocycles. The SMILES string of the molecule is CCCCCCCc1ccccc1C=NN=C(c1ccccc1)c1ccc(CC(C)F)cc1. The molecule has 1 unspecified atom stereocenters. The topological polar surface area (TPSA) is 24.7 Å². The highest BCUT2D eigenvalue weighted by atomic mass is 19.1. The van der Waals surface area contributed by atoms with Crippen molar-refractivity contribution in [1.82, 2.24) is 0 Å². The number of alkyl halides is 1. The second kappa shape index (κ2) is 13.5. The Kier molecular flexibility index (Phi) is 10.0. The van der Waals surface area contributed by atoms with Crippen LogP contribution in [-0.4, -0.2) is 18.1 Å². The van der Waals surface area contributed by atoms with Gasteiger partial charge < -0.3 is 0 Å². The van der Waals surface area contributed by atoms with Gasteiger partial charge in [0, 0.05) is 17.5 Å². The first-order valence-corrected chi connectivity index (χ1v) is 12.1. The molecule has 0 aliphatic heterocycles. The number of halogens is 1. The Morgan fingerprint density at radius 3 is 2.21 bits per heavy atom. The van der Waals surface area contributed by atoms with Crippen molar-refractivity contribution in [3.8, 4) is 0 Å². The van der Waals surface area contributed by atoms with Gasteiger partial charge in [-0.25, -0.2) is 4.39 Å². The molecule has 0 N–H and O–H groups in total. The van der Waals surface area contributed by atoms with Gasteiger partial charge in [-0.2, -0.15) is 5.10 Å². The Hall–Kier alpha value is -3.07. The summed E-state index contributed by atoms with van der Waals surface area (Å²) in [6.07, 6.45) is 8.86. The van der Waals surface area contributed by atoms with Crippen LogP contribution < -0.4 is 0 Å². The third-order valence-corrected chi connectivity index (χ3v) is 5.75. The first-order chi connectivity index (χ1) is 16.2. The summed E-state index contributed by atoms with van der Waals surface area (Å²) < 4.78 is 13.4. The summed E-state index contributed by atoms with van der Waals surface area (Å²) in [6.45, 7) is 3.83. The highest BCUT2D eigenvalue weighted by Gasteiger charge is 2.08. The minimum absolute atomic E-state index is 0.422. The molecule has 3 aromatic carbocycles. The number of rotatable bonds is 12. The number of hydrogen-bond donors (Lipinski definition) is 0. The summed E-state index contributed by atoms with van der Waals surface area (Å²) in [5, 5.41) is 9.11. The van der Waals surface area contributed by atoms with E-state index in [2.05, 4.69) is 35.3 Å². The normalized spacial score (nSPS) is 12.9. The predicted molar refractivity (Wildman–Crippen MR) is 139 cm³/mol. The lowest BCUT2D eigenvalue weighted by molar-refractivity contribution is 0.360. The fourth-order valence-corrected chi connectivity index (χ4v) is 3.96. The van der Waals surface area contributed by atoms with E-state index in [1.807, 2.05) is 66.9 Å². The van der Waals surface area contributed by atoms with Gasteiger partial charge in [0.05, 0.1) is 6.21 Å². The van der Waals surface area contributed by atoms with Crippen molar-refractivity contribution in [1.29, 1.82) is 0 Å². The zero-order chi connectivity index (χ0) is 23.3. The lowest BCUT2D eigenvalue weighted by Gasteiger charge is -2.08. The molecule has 0 saturated carbocycles. The Labute approximate surface area is 198 Å². The van der Waals surface area contributed by atoms with Crippen LogP contribution in [0.4, 0.5) is 4.39 Å². The van der Waals surface area contributed by atoms with Crippen molar-refractivity contribution in [3.05, 3.63) is 107 Å². The summed E-state index contributed by atoms with van der Waals surface area (Å²) in [4.78, 5) is 0. The molecular weight excluding hydrogens is 407 g/mol. The van der Waals surface area contributed by atoms with E-state index < -0.39 is 6.17 Å². The Balaban J connectivity index is 1.80. The molecule has 0 amide bonds. The molecular formula is C30H35FN2. The van der Waals surface area contributed by atoms with Crippen LogP contribution in [0, 0.1) is 0 Å². The van der Waals surface area contributed by atoms with Crippen LogP contribution in [0.25, 0.3) is 0 Å². The van der Waals surface area contributed by atoms with Gasteiger partial charge in [-0.3, -0.25) is 0 Å². The van der Waals surface area contributed by atoms with Crippen molar-refractivity contribution in [2.45, 2.75) is 65.0 Å². The molecule has 0 aliphatic rings. The van der Waals surface area contributed by atoms with Gasteiger partial charge in [0.25, 0.3) is 0 Å². The van der Waals surface area contributed by atoms with Gasteiger partial charge in [-0.1, -0.05) is 111 Å². The van der Waals surface area contributed by atoms with E-state index in [1.165, 1.54) is 37.7 Å². The molecule has 3 heteroatoms. The van der Waals surface area contributed by atoms with Crippen molar-refractivity contribution in [2.75, 3.05) is 0 Å². The number of nitrogens with zero attached hydrogens (tertiary/aromatic N) is 2. The predicted octanol–water partition coefficient (Wildman–Crippen LogP) is 7.97. The number of unbranched alkanes of at least 4 members (excludes halogenated alkanes) is 4. The molecule has 0 spiro atoms. The van der Waals surface area contributed by atoms with Gasteiger partial charge in [0.15, 0.2) is 0 Å². The lowest BCUT2D eigenvalue weighted by atomic mass is 10.00. The van der Waals surface area contributed by atoms with Crippen molar-refractivity contribution < 1.29 is 4.39 Å². The van der Waals surface area contributed by atoms with E-state index in [0.29, 0.717) is 6.42 Å². The minimum Gasteiger partial charge on any atom is -0.247 e. The van der Waals surface area contributed by atoms with Crippen LogP contribution in [0.1, 0.15) is 73.8 Å². The van der Waals surface area contributed by atoms with Gasteiger partial charge in [0.2, 0.25) is 0 Å². The van der Waals surface area contributed by atoms with Gasteiger partial charge in [-0.05, 0) is 36.5 Å². The summed E-state index contributed by atoms with van der Waals surface area (Å²) in [6, 6.07) is 26.5. The molecule has 0 heterocycles. The molecule has 172 valence electrons. The van der Waals surface area contributed by atoms with E-state index in [1.54, 1.807) is 6.92 Å². The third kappa shape index (κ3) is 8.09. The van der Waals surface area contributed by atoms with Gasteiger partial charge in [0.1, 0.15) is 11.9 Å². The molecule has 3 aromatic rings. The smallest absolute Gasteiger partial charge is 0.101 e. The average Bonchev–Trinajstić information content (AvgIpc) is 2.83. The molecule has 2 nitrogen and oxygen atoms in total. The molecule has 0 fully saturated rings. The van der Waals surface area contributed by atoms with Gasteiger partial charge >= 0.3 is 0 Å². The van der Waals surface area contributed by atoms with Crippen LogP contribution in [-0.2, 0) is 12.8 Å². The fraction of sp³-hybridized carbons (Fsp3) is 0.333. The summed E-state index contributed by atoms with van der Waals surface area (Å²) in [5.74, 6) is 0. The van der Waals surface area contributed by atoms with Crippen LogP contribution >= 0.6 is 0 Å². The van der Waals surface area contributed by atoms with Crippen molar-refractivity contribution >= 4 is 11.9 Å². The van der Waals surface area contributed by atoms with Crippen LogP contribution in [0.15, 0.2) is 89.1 Å². The zero-order valence-corrected chi connectivity index (χ0v) is 19.9. The first kappa shape index (κ1) is 24.6. The van der Waals surface area contributed by atoms with E-state index in [4.69, 9.17) is 0 Å². The van der Waals surface area contributed by atoms with Crippen molar-refractivity contribution in [3.63, 3.8) is 0 Å². The van der Waals surface area contributed by atoms with E-state index in [-0.39, 0.29) is 0 Å². The molecule has 1 atom stereocenters. The third-order valence-electron chi connectivity index (χ3n) is 5.75. The number of aryl methyl sites for hydroxylation is 1.